The third kappa shape index (κ3) is 3.33. The topological polar surface area (TPSA) is 26.9 Å². The summed E-state index contributed by atoms with van der Waals surface area (Å²) < 4.78 is 2.26. The van der Waals surface area contributed by atoms with Gasteiger partial charge in [-0.05, 0) is 51.4 Å². The van der Waals surface area contributed by atoms with Gasteiger partial charge >= 0.3 is 6.01 Å². The molecule has 2 aliphatic rings. The zero-order valence-corrected chi connectivity index (χ0v) is 10.9. The van der Waals surface area contributed by atoms with Crippen molar-refractivity contribution in [3.63, 3.8) is 0 Å². The summed E-state index contributed by atoms with van der Waals surface area (Å²) in [6.07, 6.45) is 13.4. The Hall–Kier alpha value is -0.330. The molecule has 0 aromatic carbocycles. The van der Waals surface area contributed by atoms with E-state index >= 15 is 0 Å². The first kappa shape index (κ1) is 13.7. The maximum absolute atomic E-state index is 7.51. The molecule has 92 valence electrons. The summed E-state index contributed by atoms with van der Waals surface area (Å²) in [5.74, 6) is 0. The first-order valence-corrected chi connectivity index (χ1v) is 6.62. The van der Waals surface area contributed by atoms with E-state index in [0.717, 1.165) is 0 Å². The summed E-state index contributed by atoms with van der Waals surface area (Å²) in [7, 11) is 0. The number of nitrogens with one attached hydrogen (secondary N) is 1. The van der Waals surface area contributed by atoms with Gasteiger partial charge in [0.25, 0.3) is 0 Å². The lowest BCUT2D eigenvalue weighted by atomic mass is 9.90. The molecule has 2 rings (SSSR count). The first-order chi connectivity index (χ1) is 7.42. The molecular formula is C13H24ClN2+. The summed E-state index contributed by atoms with van der Waals surface area (Å²) >= 11 is 0. The van der Waals surface area contributed by atoms with E-state index in [2.05, 4.69) is 10.6 Å². The fraction of sp³-hybridized carbons (Fsp3) is 0.923. The molecule has 0 radical (unpaired) electrons. The molecule has 0 spiro atoms. The van der Waals surface area contributed by atoms with Gasteiger partial charge in [-0.15, -0.1) is 12.4 Å². The highest BCUT2D eigenvalue weighted by Gasteiger charge is 2.28. The smallest absolute Gasteiger partial charge is 0.215 e. The van der Waals surface area contributed by atoms with Crippen LogP contribution in [0.5, 0.6) is 0 Å². The molecule has 0 aromatic rings. The number of nitrogens with zero attached hydrogens (tertiary/aromatic N) is 1. The van der Waals surface area contributed by atoms with E-state index in [-0.39, 0.29) is 12.4 Å². The zero-order valence-electron chi connectivity index (χ0n) is 10.1. The van der Waals surface area contributed by atoms with Crippen LogP contribution in [0.1, 0.15) is 64.2 Å². The summed E-state index contributed by atoms with van der Waals surface area (Å²) in [5.41, 5.74) is 0. The Bertz CT molecular complexity index is 227. The molecule has 0 amide bonds. The van der Waals surface area contributed by atoms with Gasteiger partial charge in [0.05, 0.1) is 0 Å². The average molecular weight is 244 g/mol. The van der Waals surface area contributed by atoms with E-state index in [0.29, 0.717) is 12.1 Å². The molecular weight excluding hydrogens is 220 g/mol. The molecule has 0 atom stereocenters. The van der Waals surface area contributed by atoms with E-state index in [1.807, 2.05) is 0 Å². The van der Waals surface area contributed by atoms with Crippen LogP contribution in [0.25, 0.3) is 0 Å². The normalized spacial score (nSPS) is 23.2. The highest BCUT2D eigenvalue weighted by Crippen LogP contribution is 2.26. The second-order valence-electron chi connectivity index (χ2n) is 5.10. The monoisotopic (exact) mass is 243 g/mol. The second kappa shape index (κ2) is 7.09. The van der Waals surface area contributed by atoms with E-state index in [4.69, 9.17) is 5.41 Å². The quantitative estimate of drug-likeness (QED) is 0.564. The van der Waals surface area contributed by atoms with Crippen molar-refractivity contribution in [2.75, 3.05) is 0 Å². The molecule has 2 nitrogen and oxygen atoms in total. The van der Waals surface area contributed by atoms with Crippen LogP contribution in [0.4, 0.5) is 0 Å². The molecule has 0 heterocycles. The lowest BCUT2D eigenvalue weighted by Gasteiger charge is -2.28. The van der Waals surface area contributed by atoms with Crippen LogP contribution in [0, 0.1) is 5.41 Å². The van der Waals surface area contributed by atoms with Crippen LogP contribution in [-0.2, 0) is 0 Å². The number of rotatable bonds is 2. The van der Waals surface area contributed by atoms with Gasteiger partial charge in [-0.1, -0.05) is 18.3 Å². The lowest BCUT2D eigenvalue weighted by Crippen LogP contribution is -2.37. The van der Waals surface area contributed by atoms with Crippen molar-refractivity contribution in [2.24, 2.45) is 0 Å². The van der Waals surface area contributed by atoms with Gasteiger partial charge in [0, 0.05) is 0 Å². The van der Waals surface area contributed by atoms with Crippen LogP contribution in [0.15, 0.2) is 0 Å². The molecule has 0 aromatic heterocycles. The van der Waals surface area contributed by atoms with Gasteiger partial charge in [-0.25, -0.2) is 4.58 Å². The van der Waals surface area contributed by atoms with Crippen LogP contribution >= 0.6 is 12.4 Å². The summed E-state index contributed by atoms with van der Waals surface area (Å²) in [5, 5.41) is 7.51. The predicted molar refractivity (Wildman–Crippen MR) is 69.0 cm³/mol. The minimum atomic E-state index is 0. The third-order valence-corrected chi connectivity index (χ3v) is 4.07. The Balaban J connectivity index is 0.00000128. The van der Waals surface area contributed by atoms with E-state index in [1.165, 1.54) is 64.2 Å². The van der Waals surface area contributed by atoms with Gasteiger partial charge in [-0.3, -0.25) is 0 Å². The van der Waals surface area contributed by atoms with Crippen LogP contribution in [-0.4, -0.2) is 22.7 Å². The van der Waals surface area contributed by atoms with Crippen molar-refractivity contribution in [2.45, 2.75) is 76.3 Å². The van der Waals surface area contributed by atoms with Crippen molar-refractivity contribution >= 4 is 18.4 Å². The maximum atomic E-state index is 7.51. The highest BCUT2D eigenvalue weighted by molar-refractivity contribution is 5.85. The molecule has 0 unspecified atom stereocenters. The molecule has 1 N–H and O–H groups in total. The lowest BCUT2D eigenvalue weighted by molar-refractivity contribution is -0.602. The van der Waals surface area contributed by atoms with Gasteiger partial charge in [0.2, 0.25) is 0 Å². The summed E-state index contributed by atoms with van der Waals surface area (Å²) in [6, 6.07) is 4.00. The van der Waals surface area contributed by atoms with Gasteiger partial charge < -0.3 is 0 Å². The Kier molecular flexibility index (Phi) is 6.08. The van der Waals surface area contributed by atoms with Gasteiger partial charge in [-0.2, -0.15) is 0 Å². The molecule has 0 saturated heterocycles. The predicted octanol–water partition coefficient (Wildman–Crippen LogP) is 3.84. The Morgan fingerprint density at radius 1 is 0.750 bits per heavy atom. The molecule has 0 aliphatic heterocycles. The molecule has 2 aliphatic carbocycles. The van der Waals surface area contributed by atoms with E-state index < -0.39 is 0 Å². The minimum absolute atomic E-state index is 0. The number of hydrogen-bond donors (Lipinski definition) is 1. The van der Waals surface area contributed by atoms with Crippen molar-refractivity contribution in [1.82, 2.24) is 0 Å². The Morgan fingerprint density at radius 2 is 1.12 bits per heavy atom. The fourth-order valence-corrected chi connectivity index (χ4v) is 3.20. The minimum Gasteiger partial charge on any atom is -0.215 e. The number of hydrogen-bond acceptors (Lipinski definition) is 1. The Labute approximate surface area is 105 Å². The third-order valence-electron chi connectivity index (χ3n) is 4.07. The molecule has 2 fully saturated rings. The van der Waals surface area contributed by atoms with Crippen molar-refractivity contribution in [3.8, 4) is 0 Å². The van der Waals surface area contributed by atoms with Gasteiger partial charge in [0.15, 0.2) is 0 Å². The summed E-state index contributed by atoms with van der Waals surface area (Å²) in [4.78, 5) is 0. The van der Waals surface area contributed by atoms with Crippen molar-refractivity contribution in [1.29, 1.82) is 5.41 Å². The van der Waals surface area contributed by atoms with E-state index in [1.54, 1.807) is 0 Å². The van der Waals surface area contributed by atoms with Crippen LogP contribution in [0.3, 0.4) is 0 Å². The zero-order chi connectivity index (χ0) is 10.5. The summed E-state index contributed by atoms with van der Waals surface area (Å²) in [6.45, 7) is 0. The molecule has 2 saturated carbocycles. The Morgan fingerprint density at radius 3 is 1.44 bits per heavy atom. The van der Waals surface area contributed by atoms with E-state index in [9.17, 15) is 0 Å². The standard InChI is InChI=1S/C13H23N2.ClH/c14-11-15(12-7-3-1-4-8-12)13-9-5-2-6-10-13;/h12-14H,1-10H2;1H/q+1;. The second-order valence-corrected chi connectivity index (χ2v) is 5.10. The first-order valence-electron chi connectivity index (χ1n) is 6.62. The maximum Gasteiger partial charge on any atom is 0.304 e. The average Bonchev–Trinajstić information content (AvgIpc) is 2.33. The number of halogens is 1. The largest absolute Gasteiger partial charge is 0.304 e. The molecule has 3 heteroatoms. The fourth-order valence-electron chi connectivity index (χ4n) is 3.20. The van der Waals surface area contributed by atoms with Crippen LogP contribution < -0.4 is 0 Å². The van der Waals surface area contributed by atoms with Crippen molar-refractivity contribution in [3.05, 3.63) is 0 Å². The van der Waals surface area contributed by atoms with Crippen LogP contribution in [0.2, 0.25) is 0 Å². The molecule has 0 bridgehead atoms. The molecule has 16 heavy (non-hydrogen) atoms. The highest BCUT2D eigenvalue weighted by atomic mass is 35.5. The van der Waals surface area contributed by atoms with Crippen molar-refractivity contribution < 1.29 is 4.58 Å². The van der Waals surface area contributed by atoms with Gasteiger partial charge in [0.1, 0.15) is 12.1 Å². The SMILES string of the molecule is Cl.N=C=[N+](C1CCCCC1)C1CCCCC1.